The number of carbonyl (C=O) groups is 2. The van der Waals surface area contributed by atoms with Crippen molar-refractivity contribution in [3.63, 3.8) is 0 Å². The van der Waals surface area contributed by atoms with E-state index in [9.17, 15) is 18.0 Å². The summed E-state index contributed by atoms with van der Waals surface area (Å²) in [5.41, 5.74) is 0. The summed E-state index contributed by atoms with van der Waals surface area (Å²) < 4.78 is 29.7. The van der Waals surface area contributed by atoms with Gasteiger partial charge in [-0.05, 0) is 27.2 Å². The number of aliphatic carboxylic acids is 1. The summed E-state index contributed by atoms with van der Waals surface area (Å²) in [6.07, 6.45) is -0.286. The molecule has 1 atom stereocenters. The van der Waals surface area contributed by atoms with Crippen LogP contribution in [0.3, 0.4) is 0 Å². The van der Waals surface area contributed by atoms with Crippen LogP contribution in [0, 0.1) is 0 Å². The van der Waals surface area contributed by atoms with Crippen molar-refractivity contribution in [3.05, 3.63) is 0 Å². The van der Waals surface area contributed by atoms with Gasteiger partial charge in [-0.1, -0.05) is 0 Å². The van der Waals surface area contributed by atoms with Crippen molar-refractivity contribution in [3.8, 4) is 0 Å². The number of carboxylic acids is 1. The van der Waals surface area contributed by atoms with Gasteiger partial charge in [0.15, 0.2) is 0 Å². The number of carboxylic acid groups (broad SMARTS) is 1. The molecule has 7 nitrogen and oxygen atoms in total. The maximum atomic E-state index is 11.5. The molecule has 18 heavy (non-hydrogen) atoms. The van der Waals surface area contributed by atoms with Crippen LogP contribution >= 0.6 is 0 Å². The van der Waals surface area contributed by atoms with Gasteiger partial charge in [0.25, 0.3) is 0 Å². The fourth-order valence-corrected chi connectivity index (χ4v) is 1.95. The molecule has 8 heteroatoms. The van der Waals surface area contributed by atoms with E-state index in [-0.39, 0.29) is 19.4 Å². The first-order chi connectivity index (χ1) is 8.20. The molecule has 0 radical (unpaired) electrons. The Hall–Kier alpha value is -1.15. The predicted octanol–water partition coefficient (Wildman–Crippen LogP) is 0.111. The Morgan fingerprint density at radius 2 is 1.89 bits per heavy atom. The standard InChI is InChI=1S/C10H19NO6S/c1-4-17-9(12)6-5-8(10(13)14)11-18(15,16)7(2)3/h7-8,11H,4-6H2,1-3H3,(H,13,14)/t8-/m0/s1. The highest BCUT2D eigenvalue weighted by atomic mass is 32.2. The highest BCUT2D eigenvalue weighted by Crippen LogP contribution is 2.05. The second kappa shape index (κ2) is 7.32. The lowest BCUT2D eigenvalue weighted by Gasteiger charge is -2.16. The molecule has 0 bridgehead atoms. The second-order valence-electron chi connectivity index (χ2n) is 3.95. The van der Waals surface area contributed by atoms with Crippen molar-refractivity contribution in [2.24, 2.45) is 0 Å². The van der Waals surface area contributed by atoms with Crippen LogP contribution in [0.4, 0.5) is 0 Å². The minimum atomic E-state index is -3.69. The third kappa shape index (κ3) is 5.97. The zero-order valence-electron chi connectivity index (χ0n) is 10.7. The molecule has 0 aromatic carbocycles. The Kier molecular flexibility index (Phi) is 6.85. The Bertz CT molecular complexity index is 389. The molecule has 0 spiro atoms. The zero-order valence-corrected chi connectivity index (χ0v) is 11.5. The molecular weight excluding hydrogens is 262 g/mol. The number of rotatable bonds is 8. The fraction of sp³-hybridized carbons (Fsp3) is 0.800. The summed E-state index contributed by atoms with van der Waals surface area (Å²) in [6, 6.07) is -1.32. The average Bonchev–Trinajstić information content (AvgIpc) is 2.23. The summed E-state index contributed by atoms with van der Waals surface area (Å²) in [6.45, 7) is 4.71. The van der Waals surface area contributed by atoms with Crippen LogP contribution in [0.5, 0.6) is 0 Å². The van der Waals surface area contributed by atoms with Gasteiger partial charge in [-0.3, -0.25) is 9.59 Å². The van der Waals surface area contributed by atoms with Crippen LogP contribution in [0.2, 0.25) is 0 Å². The van der Waals surface area contributed by atoms with Crippen LogP contribution in [0.1, 0.15) is 33.6 Å². The van der Waals surface area contributed by atoms with Crippen LogP contribution < -0.4 is 4.72 Å². The quantitative estimate of drug-likeness (QED) is 0.611. The van der Waals surface area contributed by atoms with Crippen LogP contribution in [-0.2, 0) is 24.3 Å². The lowest BCUT2D eigenvalue weighted by molar-refractivity contribution is -0.144. The van der Waals surface area contributed by atoms with Crippen molar-refractivity contribution in [2.75, 3.05) is 6.61 Å². The molecule has 0 fully saturated rings. The molecular formula is C10H19NO6S. The number of sulfonamides is 1. The van der Waals surface area contributed by atoms with E-state index in [1.54, 1.807) is 6.92 Å². The van der Waals surface area contributed by atoms with Crippen molar-refractivity contribution in [1.82, 2.24) is 4.72 Å². The highest BCUT2D eigenvalue weighted by molar-refractivity contribution is 7.90. The predicted molar refractivity (Wildman–Crippen MR) is 64.5 cm³/mol. The molecule has 0 aromatic heterocycles. The molecule has 0 rings (SSSR count). The monoisotopic (exact) mass is 281 g/mol. The molecule has 0 aliphatic rings. The van der Waals surface area contributed by atoms with E-state index in [2.05, 4.69) is 9.46 Å². The van der Waals surface area contributed by atoms with Crippen LogP contribution in [0.25, 0.3) is 0 Å². The minimum absolute atomic E-state index is 0.139. The maximum Gasteiger partial charge on any atom is 0.321 e. The minimum Gasteiger partial charge on any atom is -0.480 e. The van der Waals surface area contributed by atoms with Gasteiger partial charge in [-0.2, -0.15) is 0 Å². The van der Waals surface area contributed by atoms with E-state index >= 15 is 0 Å². The van der Waals surface area contributed by atoms with E-state index in [0.717, 1.165) is 0 Å². The number of carbonyl (C=O) groups excluding carboxylic acids is 1. The Morgan fingerprint density at radius 3 is 2.28 bits per heavy atom. The Balaban J connectivity index is 4.52. The number of hydrogen-bond donors (Lipinski definition) is 2. The smallest absolute Gasteiger partial charge is 0.321 e. The third-order valence-corrected chi connectivity index (χ3v) is 4.02. The van der Waals surface area contributed by atoms with Crippen LogP contribution in [0.15, 0.2) is 0 Å². The second-order valence-corrected chi connectivity index (χ2v) is 6.21. The topological polar surface area (TPSA) is 110 Å². The number of hydrogen-bond acceptors (Lipinski definition) is 5. The fourth-order valence-electron chi connectivity index (χ4n) is 1.06. The Labute approximate surface area is 107 Å². The summed E-state index contributed by atoms with van der Waals surface area (Å²) in [7, 11) is -3.69. The Morgan fingerprint density at radius 1 is 1.33 bits per heavy atom. The summed E-state index contributed by atoms with van der Waals surface area (Å²) in [4.78, 5) is 22.0. The molecule has 0 aromatic rings. The molecule has 0 aliphatic carbocycles. The molecule has 106 valence electrons. The number of ether oxygens (including phenoxy) is 1. The van der Waals surface area contributed by atoms with E-state index in [4.69, 9.17) is 5.11 Å². The molecule has 0 aliphatic heterocycles. The first kappa shape index (κ1) is 16.9. The number of esters is 1. The van der Waals surface area contributed by atoms with Crippen molar-refractivity contribution < 1.29 is 27.9 Å². The molecule has 0 saturated carbocycles. The van der Waals surface area contributed by atoms with E-state index in [1.165, 1.54) is 13.8 Å². The SMILES string of the molecule is CCOC(=O)CC[C@H](NS(=O)(=O)C(C)C)C(=O)O. The number of nitrogens with one attached hydrogen (secondary N) is 1. The summed E-state index contributed by atoms with van der Waals surface area (Å²) in [5.74, 6) is -1.86. The largest absolute Gasteiger partial charge is 0.480 e. The molecule has 0 saturated heterocycles. The summed E-state index contributed by atoms with van der Waals surface area (Å²) >= 11 is 0. The van der Waals surface area contributed by atoms with Gasteiger partial charge in [0.05, 0.1) is 11.9 Å². The first-order valence-electron chi connectivity index (χ1n) is 5.60. The lowest BCUT2D eigenvalue weighted by Crippen LogP contribution is -2.44. The highest BCUT2D eigenvalue weighted by Gasteiger charge is 2.26. The third-order valence-electron chi connectivity index (χ3n) is 2.17. The van der Waals surface area contributed by atoms with Gasteiger partial charge in [-0.15, -0.1) is 0 Å². The lowest BCUT2D eigenvalue weighted by atomic mass is 10.2. The van der Waals surface area contributed by atoms with Crippen molar-refractivity contribution in [2.45, 2.75) is 44.9 Å². The van der Waals surface area contributed by atoms with Gasteiger partial charge < -0.3 is 9.84 Å². The summed E-state index contributed by atoms with van der Waals surface area (Å²) in [5, 5.41) is 8.15. The normalized spacial score (nSPS) is 13.3. The maximum absolute atomic E-state index is 11.5. The van der Waals surface area contributed by atoms with Gasteiger partial charge in [0, 0.05) is 6.42 Å². The van der Waals surface area contributed by atoms with Gasteiger partial charge in [-0.25, -0.2) is 13.1 Å². The van der Waals surface area contributed by atoms with Crippen molar-refractivity contribution >= 4 is 22.0 Å². The first-order valence-corrected chi connectivity index (χ1v) is 7.15. The van der Waals surface area contributed by atoms with E-state index < -0.39 is 33.3 Å². The average molecular weight is 281 g/mol. The van der Waals surface area contributed by atoms with Gasteiger partial charge in [0.2, 0.25) is 10.0 Å². The van der Waals surface area contributed by atoms with Crippen LogP contribution in [-0.4, -0.2) is 43.4 Å². The van der Waals surface area contributed by atoms with Crippen molar-refractivity contribution in [1.29, 1.82) is 0 Å². The van der Waals surface area contributed by atoms with E-state index in [0.29, 0.717) is 0 Å². The molecule has 2 N–H and O–H groups in total. The zero-order chi connectivity index (χ0) is 14.3. The van der Waals surface area contributed by atoms with E-state index in [1.807, 2.05) is 0 Å². The molecule has 0 unspecified atom stereocenters. The van der Waals surface area contributed by atoms with Gasteiger partial charge >= 0.3 is 11.9 Å². The molecule has 0 amide bonds. The molecule has 0 heterocycles. The van der Waals surface area contributed by atoms with Gasteiger partial charge in [0.1, 0.15) is 6.04 Å².